The van der Waals surface area contributed by atoms with Gasteiger partial charge in [-0.1, -0.05) is 42.1 Å². The molecule has 0 aliphatic carbocycles. The Labute approximate surface area is 135 Å². The van der Waals surface area contributed by atoms with Gasteiger partial charge in [-0.3, -0.25) is 4.79 Å². The van der Waals surface area contributed by atoms with E-state index in [0.717, 1.165) is 16.2 Å². The highest BCUT2D eigenvalue weighted by atomic mass is 32.2. The molecule has 2 aromatic carbocycles. The number of carbonyl (C=O) groups is 1. The summed E-state index contributed by atoms with van der Waals surface area (Å²) in [5.41, 5.74) is 1.64. The van der Waals surface area contributed by atoms with Gasteiger partial charge >= 0.3 is 0 Å². The Balaban J connectivity index is 2.12. The summed E-state index contributed by atoms with van der Waals surface area (Å²) in [5.74, 6) is 1.30. The van der Waals surface area contributed by atoms with Crippen molar-refractivity contribution in [1.29, 1.82) is 0 Å². The normalized spacial score (nSPS) is 10.8. The molecule has 114 valence electrons. The van der Waals surface area contributed by atoms with Gasteiger partial charge in [0.2, 0.25) is 0 Å². The maximum atomic E-state index is 12.4. The number of hydrogen-bond acceptors (Lipinski definition) is 4. The number of ketones is 1. The van der Waals surface area contributed by atoms with Crippen molar-refractivity contribution in [3.8, 4) is 5.75 Å². The minimum atomic E-state index is -0.0185. The molecule has 0 atom stereocenters. The first kappa shape index (κ1) is 16.3. The highest BCUT2D eigenvalue weighted by molar-refractivity contribution is 7.99. The molecule has 0 aromatic heterocycles. The third-order valence-electron chi connectivity index (χ3n) is 3.03. The van der Waals surface area contributed by atoms with Gasteiger partial charge in [-0.25, -0.2) is 0 Å². The van der Waals surface area contributed by atoms with Crippen LogP contribution in [0.25, 0.3) is 6.08 Å². The molecule has 0 unspecified atom stereocenters. The summed E-state index contributed by atoms with van der Waals surface area (Å²) < 4.78 is 10.2. The van der Waals surface area contributed by atoms with Crippen LogP contribution in [0.2, 0.25) is 0 Å². The summed E-state index contributed by atoms with van der Waals surface area (Å²) in [7, 11) is 3.27. The summed E-state index contributed by atoms with van der Waals surface area (Å²) in [4.78, 5) is 13.3. The van der Waals surface area contributed by atoms with Crippen molar-refractivity contribution in [2.45, 2.75) is 4.90 Å². The molecule has 22 heavy (non-hydrogen) atoms. The maximum Gasteiger partial charge on any atom is 0.186 e. The van der Waals surface area contributed by atoms with E-state index in [1.165, 1.54) is 11.8 Å². The van der Waals surface area contributed by atoms with Crippen LogP contribution in [-0.2, 0) is 4.74 Å². The zero-order valence-corrected chi connectivity index (χ0v) is 13.4. The van der Waals surface area contributed by atoms with Crippen LogP contribution < -0.4 is 4.74 Å². The molecular weight excluding hydrogens is 296 g/mol. The minimum Gasteiger partial charge on any atom is -0.497 e. The lowest BCUT2D eigenvalue weighted by molar-refractivity contribution is 0.104. The Morgan fingerprint density at radius 1 is 1.09 bits per heavy atom. The van der Waals surface area contributed by atoms with Crippen molar-refractivity contribution < 1.29 is 14.3 Å². The van der Waals surface area contributed by atoms with E-state index in [-0.39, 0.29) is 5.78 Å². The van der Waals surface area contributed by atoms with Gasteiger partial charge in [0.15, 0.2) is 5.78 Å². The van der Waals surface area contributed by atoms with Crippen molar-refractivity contribution in [3.63, 3.8) is 0 Å². The molecule has 0 saturated heterocycles. The van der Waals surface area contributed by atoms with Gasteiger partial charge in [-0.2, -0.15) is 0 Å². The molecule has 4 heteroatoms. The second-order valence-electron chi connectivity index (χ2n) is 4.52. The smallest absolute Gasteiger partial charge is 0.186 e. The fourth-order valence-electron chi connectivity index (χ4n) is 1.90. The molecule has 0 heterocycles. The molecule has 0 amide bonds. The quantitative estimate of drug-likeness (QED) is 0.330. The summed E-state index contributed by atoms with van der Waals surface area (Å²) in [6, 6.07) is 15.1. The van der Waals surface area contributed by atoms with Gasteiger partial charge in [0.05, 0.1) is 13.0 Å². The van der Waals surface area contributed by atoms with Crippen LogP contribution in [0.4, 0.5) is 0 Å². The molecule has 0 saturated carbocycles. The first-order chi connectivity index (χ1) is 10.7. The average Bonchev–Trinajstić information content (AvgIpc) is 2.58. The standard InChI is InChI=1S/C18H18O3S/c1-20-13-22-18-6-4-3-5-16(18)17(19)12-9-14-7-10-15(21-2)11-8-14/h3-12H,13H2,1-2H3/b12-9+. The van der Waals surface area contributed by atoms with Crippen LogP contribution in [0, 0.1) is 0 Å². The fourth-order valence-corrected chi connectivity index (χ4v) is 2.64. The number of benzene rings is 2. The summed E-state index contributed by atoms with van der Waals surface area (Å²) in [6.07, 6.45) is 3.40. The number of ether oxygens (including phenoxy) is 2. The fraction of sp³-hybridized carbons (Fsp3) is 0.167. The average molecular weight is 314 g/mol. The molecule has 2 rings (SSSR count). The molecular formula is C18H18O3S. The van der Waals surface area contributed by atoms with Gasteiger partial charge in [0, 0.05) is 17.6 Å². The topological polar surface area (TPSA) is 35.5 Å². The summed E-state index contributed by atoms with van der Waals surface area (Å²) >= 11 is 1.51. The Hall–Kier alpha value is -2.04. The number of hydrogen-bond donors (Lipinski definition) is 0. The lowest BCUT2D eigenvalue weighted by Gasteiger charge is -2.05. The van der Waals surface area contributed by atoms with Crippen LogP contribution in [0.15, 0.2) is 59.5 Å². The van der Waals surface area contributed by atoms with Crippen LogP contribution in [0.1, 0.15) is 15.9 Å². The lowest BCUT2D eigenvalue weighted by Crippen LogP contribution is -1.97. The number of carbonyl (C=O) groups excluding carboxylic acids is 1. The molecule has 0 bridgehead atoms. The maximum absolute atomic E-state index is 12.4. The van der Waals surface area contributed by atoms with Crippen molar-refractivity contribution in [1.82, 2.24) is 0 Å². The zero-order chi connectivity index (χ0) is 15.8. The third kappa shape index (κ3) is 4.48. The van der Waals surface area contributed by atoms with Crippen LogP contribution in [0.5, 0.6) is 5.75 Å². The zero-order valence-electron chi connectivity index (χ0n) is 12.6. The highest BCUT2D eigenvalue weighted by Crippen LogP contribution is 2.23. The van der Waals surface area contributed by atoms with E-state index in [4.69, 9.17) is 9.47 Å². The summed E-state index contributed by atoms with van der Waals surface area (Å²) in [5, 5.41) is 0. The van der Waals surface area contributed by atoms with Crippen LogP contribution in [-0.4, -0.2) is 25.9 Å². The van der Waals surface area contributed by atoms with E-state index in [1.807, 2.05) is 48.5 Å². The van der Waals surface area contributed by atoms with Gasteiger partial charge < -0.3 is 9.47 Å². The first-order valence-electron chi connectivity index (χ1n) is 6.82. The predicted molar refractivity (Wildman–Crippen MR) is 90.5 cm³/mol. The van der Waals surface area contributed by atoms with E-state index in [2.05, 4.69) is 0 Å². The summed E-state index contributed by atoms with van der Waals surface area (Å²) in [6.45, 7) is 0. The molecule has 0 N–H and O–H groups in total. The molecule has 0 fully saturated rings. The third-order valence-corrected chi connectivity index (χ3v) is 4.05. The number of allylic oxidation sites excluding steroid dienone is 1. The monoisotopic (exact) mass is 314 g/mol. The molecule has 0 aliphatic rings. The Kier molecular flexibility index (Phi) is 6.25. The molecule has 0 aliphatic heterocycles. The van der Waals surface area contributed by atoms with Crippen molar-refractivity contribution in [3.05, 3.63) is 65.7 Å². The highest BCUT2D eigenvalue weighted by Gasteiger charge is 2.08. The van der Waals surface area contributed by atoms with Gasteiger partial charge in [0.1, 0.15) is 5.75 Å². The Morgan fingerprint density at radius 3 is 2.50 bits per heavy atom. The molecule has 0 radical (unpaired) electrons. The number of thioether (sulfide) groups is 1. The van der Waals surface area contributed by atoms with Gasteiger partial charge in [-0.05, 0) is 35.9 Å². The Bertz CT molecular complexity index is 648. The van der Waals surface area contributed by atoms with Gasteiger partial charge in [-0.15, -0.1) is 0 Å². The first-order valence-corrected chi connectivity index (χ1v) is 7.80. The van der Waals surface area contributed by atoms with E-state index in [0.29, 0.717) is 11.5 Å². The second-order valence-corrected chi connectivity index (χ2v) is 5.48. The second kappa shape index (κ2) is 8.41. The van der Waals surface area contributed by atoms with Crippen molar-refractivity contribution >= 4 is 23.6 Å². The SMILES string of the molecule is COCSc1ccccc1C(=O)/C=C/c1ccc(OC)cc1. The van der Waals surface area contributed by atoms with Crippen LogP contribution >= 0.6 is 11.8 Å². The predicted octanol–water partition coefficient (Wildman–Crippen LogP) is 4.29. The van der Waals surface area contributed by atoms with E-state index in [9.17, 15) is 4.79 Å². The van der Waals surface area contributed by atoms with E-state index >= 15 is 0 Å². The number of rotatable bonds is 7. The van der Waals surface area contributed by atoms with E-state index in [1.54, 1.807) is 26.4 Å². The Morgan fingerprint density at radius 2 is 1.82 bits per heavy atom. The largest absolute Gasteiger partial charge is 0.497 e. The lowest BCUT2D eigenvalue weighted by atomic mass is 10.1. The van der Waals surface area contributed by atoms with E-state index < -0.39 is 0 Å². The molecule has 2 aromatic rings. The molecule has 0 spiro atoms. The van der Waals surface area contributed by atoms with Crippen molar-refractivity contribution in [2.75, 3.05) is 20.2 Å². The molecule has 3 nitrogen and oxygen atoms in total. The minimum absolute atomic E-state index is 0.0185. The number of methoxy groups -OCH3 is 2. The van der Waals surface area contributed by atoms with Gasteiger partial charge in [0.25, 0.3) is 0 Å². The van der Waals surface area contributed by atoms with Crippen LogP contribution in [0.3, 0.4) is 0 Å². The van der Waals surface area contributed by atoms with Crippen molar-refractivity contribution in [2.24, 2.45) is 0 Å².